The molecule has 2 aliphatic rings. The van der Waals surface area contributed by atoms with Crippen LogP contribution in [0.3, 0.4) is 0 Å². The summed E-state index contributed by atoms with van der Waals surface area (Å²) in [6.07, 6.45) is 9.38. The van der Waals surface area contributed by atoms with Gasteiger partial charge in [0.25, 0.3) is 0 Å². The number of hydrogen-bond acceptors (Lipinski definition) is 2. The van der Waals surface area contributed by atoms with Crippen molar-refractivity contribution in [2.45, 2.75) is 57.1 Å². The highest BCUT2D eigenvalue weighted by atomic mass is 16.5. The molecule has 0 amide bonds. The van der Waals surface area contributed by atoms with Gasteiger partial charge >= 0.3 is 0 Å². The van der Waals surface area contributed by atoms with E-state index in [1.807, 2.05) is 0 Å². The molecule has 2 aliphatic carbocycles. The molecular formula is C16H23NO. The standard InChI is InChI=1S/C16H23NO/c17-16(11-12-5-6-12)13-7-9-15(10-8-13)18-14-3-1-2-4-14/h7-10,12,14,16H,1-6,11,17H2/t16-/m1/s1. The van der Waals surface area contributed by atoms with E-state index >= 15 is 0 Å². The van der Waals surface area contributed by atoms with E-state index < -0.39 is 0 Å². The predicted molar refractivity (Wildman–Crippen MR) is 73.6 cm³/mol. The molecule has 0 aromatic heterocycles. The van der Waals surface area contributed by atoms with Crippen molar-refractivity contribution in [3.8, 4) is 5.75 Å². The minimum absolute atomic E-state index is 0.207. The Hall–Kier alpha value is -1.02. The molecule has 1 atom stereocenters. The molecule has 2 fully saturated rings. The number of rotatable bonds is 5. The zero-order valence-electron chi connectivity index (χ0n) is 11.0. The van der Waals surface area contributed by atoms with Gasteiger partial charge in [-0.2, -0.15) is 0 Å². The van der Waals surface area contributed by atoms with Crippen LogP contribution in [0.25, 0.3) is 0 Å². The van der Waals surface area contributed by atoms with Crippen LogP contribution < -0.4 is 10.5 Å². The van der Waals surface area contributed by atoms with Gasteiger partial charge in [0.1, 0.15) is 5.75 Å². The smallest absolute Gasteiger partial charge is 0.119 e. The van der Waals surface area contributed by atoms with Crippen LogP contribution in [-0.4, -0.2) is 6.10 Å². The number of ether oxygens (including phenoxy) is 1. The van der Waals surface area contributed by atoms with Crippen LogP contribution in [0.2, 0.25) is 0 Å². The summed E-state index contributed by atoms with van der Waals surface area (Å²) < 4.78 is 5.96. The summed E-state index contributed by atoms with van der Waals surface area (Å²) in [5.41, 5.74) is 7.46. The molecule has 0 radical (unpaired) electrons. The van der Waals surface area contributed by atoms with Crippen LogP contribution in [0.4, 0.5) is 0 Å². The van der Waals surface area contributed by atoms with Crippen LogP contribution in [0.1, 0.15) is 56.6 Å². The first-order valence-electron chi connectivity index (χ1n) is 7.33. The second-order valence-electron chi connectivity index (χ2n) is 5.88. The zero-order chi connectivity index (χ0) is 12.4. The Morgan fingerprint density at radius 2 is 1.72 bits per heavy atom. The van der Waals surface area contributed by atoms with Gasteiger partial charge in [-0.15, -0.1) is 0 Å². The van der Waals surface area contributed by atoms with Gasteiger partial charge in [0.05, 0.1) is 6.10 Å². The van der Waals surface area contributed by atoms with E-state index in [1.165, 1.54) is 44.1 Å². The van der Waals surface area contributed by atoms with Crippen LogP contribution in [0.5, 0.6) is 5.75 Å². The summed E-state index contributed by atoms with van der Waals surface area (Å²) in [7, 11) is 0. The molecule has 3 rings (SSSR count). The first-order valence-corrected chi connectivity index (χ1v) is 7.33. The molecule has 98 valence electrons. The summed E-state index contributed by atoms with van der Waals surface area (Å²) in [6.45, 7) is 0. The Labute approximate surface area is 110 Å². The molecule has 2 nitrogen and oxygen atoms in total. The molecule has 1 aromatic rings. The molecule has 2 heteroatoms. The minimum atomic E-state index is 0.207. The first kappa shape index (κ1) is 12.0. The Bertz CT molecular complexity index is 377. The summed E-state index contributed by atoms with van der Waals surface area (Å²) in [6, 6.07) is 8.65. The third-order valence-corrected chi connectivity index (χ3v) is 4.20. The SMILES string of the molecule is N[C@H](CC1CC1)c1ccc(OC2CCCC2)cc1. The van der Waals surface area contributed by atoms with E-state index in [0.29, 0.717) is 6.10 Å². The Morgan fingerprint density at radius 3 is 2.33 bits per heavy atom. The molecule has 0 unspecified atom stereocenters. The lowest BCUT2D eigenvalue weighted by Crippen LogP contribution is -2.12. The second-order valence-corrected chi connectivity index (χ2v) is 5.88. The Morgan fingerprint density at radius 1 is 1.06 bits per heavy atom. The lowest BCUT2D eigenvalue weighted by atomic mass is 10.0. The van der Waals surface area contributed by atoms with Crippen molar-refractivity contribution in [2.24, 2.45) is 11.7 Å². The van der Waals surface area contributed by atoms with E-state index in [1.54, 1.807) is 0 Å². The first-order chi connectivity index (χ1) is 8.81. The largest absolute Gasteiger partial charge is 0.490 e. The fraction of sp³-hybridized carbons (Fsp3) is 0.625. The summed E-state index contributed by atoms with van der Waals surface area (Å²) in [5.74, 6) is 1.89. The van der Waals surface area contributed by atoms with E-state index in [9.17, 15) is 0 Å². The Balaban J connectivity index is 1.57. The van der Waals surface area contributed by atoms with Crippen LogP contribution in [-0.2, 0) is 0 Å². The van der Waals surface area contributed by atoms with E-state index in [-0.39, 0.29) is 6.04 Å². The van der Waals surface area contributed by atoms with Gasteiger partial charge in [-0.1, -0.05) is 25.0 Å². The van der Waals surface area contributed by atoms with E-state index in [2.05, 4.69) is 24.3 Å². The molecule has 1 aromatic carbocycles. The average Bonchev–Trinajstić information content (AvgIpc) is 3.04. The van der Waals surface area contributed by atoms with E-state index in [4.69, 9.17) is 10.5 Å². The van der Waals surface area contributed by atoms with Crippen LogP contribution in [0.15, 0.2) is 24.3 Å². The topological polar surface area (TPSA) is 35.2 Å². The number of hydrogen-bond donors (Lipinski definition) is 1. The van der Waals surface area contributed by atoms with Crippen molar-refractivity contribution >= 4 is 0 Å². The van der Waals surface area contributed by atoms with Gasteiger partial charge in [-0.3, -0.25) is 0 Å². The predicted octanol–water partition coefficient (Wildman–Crippen LogP) is 3.81. The lowest BCUT2D eigenvalue weighted by Gasteiger charge is -2.15. The molecule has 18 heavy (non-hydrogen) atoms. The number of benzene rings is 1. The zero-order valence-corrected chi connectivity index (χ0v) is 11.0. The maximum absolute atomic E-state index is 6.21. The molecule has 0 heterocycles. The van der Waals surface area contributed by atoms with Gasteiger partial charge in [0.2, 0.25) is 0 Å². The van der Waals surface area contributed by atoms with Gasteiger partial charge in [0.15, 0.2) is 0 Å². The van der Waals surface area contributed by atoms with Gasteiger partial charge in [-0.25, -0.2) is 0 Å². The maximum Gasteiger partial charge on any atom is 0.119 e. The van der Waals surface area contributed by atoms with Crippen molar-refractivity contribution in [1.82, 2.24) is 0 Å². The van der Waals surface area contributed by atoms with Crippen molar-refractivity contribution in [3.05, 3.63) is 29.8 Å². The third kappa shape index (κ3) is 3.05. The molecule has 0 spiro atoms. The van der Waals surface area contributed by atoms with Gasteiger partial charge in [-0.05, 0) is 55.7 Å². The summed E-state index contributed by atoms with van der Waals surface area (Å²) in [4.78, 5) is 0. The fourth-order valence-corrected chi connectivity index (χ4v) is 2.84. The molecule has 0 saturated heterocycles. The molecule has 0 aliphatic heterocycles. The molecular weight excluding hydrogens is 222 g/mol. The van der Waals surface area contributed by atoms with Gasteiger partial charge < -0.3 is 10.5 Å². The van der Waals surface area contributed by atoms with Crippen molar-refractivity contribution in [1.29, 1.82) is 0 Å². The normalized spacial score (nSPS) is 22.1. The Kier molecular flexibility index (Phi) is 3.55. The average molecular weight is 245 g/mol. The molecule has 0 bridgehead atoms. The van der Waals surface area contributed by atoms with Crippen molar-refractivity contribution < 1.29 is 4.74 Å². The number of nitrogens with two attached hydrogens (primary N) is 1. The van der Waals surface area contributed by atoms with Gasteiger partial charge in [0, 0.05) is 6.04 Å². The fourth-order valence-electron chi connectivity index (χ4n) is 2.84. The second kappa shape index (κ2) is 5.31. The van der Waals surface area contributed by atoms with Crippen LogP contribution >= 0.6 is 0 Å². The maximum atomic E-state index is 6.21. The highest BCUT2D eigenvalue weighted by Gasteiger charge is 2.24. The van der Waals surface area contributed by atoms with Crippen molar-refractivity contribution in [3.63, 3.8) is 0 Å². The quantitative estimate of drug-likeness (QED) is 0.856. The minimum Gasteiger partial charge on any atom is -0.490 e. The lowest BCUT2D eigenvalue weighted by molar-refractivity contribution is 0.210. The highest BCUT2D eigenvalue weighted by molar-refractivity contribution is 5.29. The van der Waals surface area contributed by atoms with E-state index in [0.717, 1.165) is 18.1 Å². The van der Waals surface area contributed by atoms with Crippen LogP contribution in [0, 0.1) is 5.92 Å². The summed E-state index contributed by atoms with van der Waals surface area (Å²) in [5, 5.41) is 0. The highest BCUT2D eigenvalue weighted by Crippen LogP contribution is 2.37. The monoisotopic (exact) mass is 245 g/mol. The molecule has 2 saturated carbocycles. The van der Waals surface area contributed by atoms with Crippen molar-refractivity contribution in [2.75, 3.05) is 0 Å². The third-order valence-electron chi connectivity index (χ3n) is 4.20. The molecule has 2 N–H and O–H groups in total. The summed E-state index contributed by atoms with van der Waals surface area (Å²) >= 11 is 0.